The average molecular weight is 717 g/mol. The summed E-state index contributed by atoms with van der Waals surface area (Å²) in [6, 6.07) is 72.0. The van der Waals surface area contributed by atoms with Gasteiger partial charge in [0.25, 0.3) is 0 Å². The highest BCUT2D eigenvalue weighted by atomic mass is 32.1. The van der Waals surface area contributed by atoms with E-state index < -0.39 is 10.8 Å². The third-order valence-electron chi connectivity index (χ3n) is 12.4. The summed E-state index contributed by atoms with van der Waals surface area (Å²) in [6.07, 6.45) is 0. The molecule has 2 nitrogen and oxygen atoms in total. The monoisotopic (exact) mass is 716 g/mol. The Morgan fingerprint density at radius 3 is 1.49 bits per heavy atom. The predicted molar refractivity (Wildman–Crippen MR) is 224 cm³/mol. The quantitative estimate of drug-likeness (QED) is 0.181. The molecule has 0 radical (unpaired) electrons. The third-order valence-corrected chi connectivity index (χ3v) is 13.4. The summed E-state index contributed by atoms with van der Waals surface area (Å²) >= 11 is 1.63. The molecule has 0 N–H and O–H groups in total. The summed E-state index contributed by atoms with van der Waals surface area (Å²) in [4.78, 5) is 0. The van der Waals surface area contributed by atoms with Crippen LogP contribution in [-0.2, 0) is 10.8 Å². The zero-order chi connectivity index (χ0) is 36.1. The van der Waals surface area contributed by atoms with E-state index in [4.69, 9.17) is 0 Å². The molecule has 1 heterocycles. The van der Waals surface area contributed by atoms with Gasteiger partial charge in [-0.1, -0.05) is 199 Å². The number of hydrogen-bond acceptors (Lipinski definition) is 3. The van der Waals surface area contributed by atoms with Crippen molar-refractivity contribution < 1.29 is 0 Å². The van der Waals surface area contributed by atoms with Gasteiger partial charge in [-0.3, -0.25) is 0 Å². The molecule has 12 rings (SSSR count). The number of fused-ring (bicyclic) bond motifs is 12. The fraction of sp³-hybridized carbons (Fsp3) is 0.0385. The lowest BCUT2D eigenvalue weighted by molar-refractivity contribution is 0.636. The average Bonchev–Trinajstić information content (AvgIpc) is 3.96. The smallest absolute Gasteiger partial charge is 0.138 e. The van der Waals surface area contributed by atoms with Gasteiger partial charge in [0.2, 0.25) is 0 Å². The van der Waals surface area contributed by atoms with E-state index in [1.165, 1.54) is 77.9 Å². The van der Waals surface area contributed by atoms with Crippen LogP contribution in [0.5, 0.6) is 0 Å². The molecular formula is C52H32N2S. The molecule has 2 atom stereocenters. The molecule has 0 bridgehead atoms. The molecule has 0 fully saturated rings. The first kappa shape index (κ1) is 30.7. The summed E-state index contributed by atoms with van der Waals surface area (Å²) < 4.78 is 0. The van der Waals surface area contributed by atoms with Crippen LogP contribution in [-0.4, -0.2) is 10.2 Å². The van der Waals surface area contributed by atoms with E-state index in [1.54, 1.807) is 11.3 Å². The SMILES string of the molecule is c1ccc(-c2nnc(-c3ccc(-c4ccc5c(c4)-c4ccccc4C54c5ccccc5C5(c6ccccc6)c6ccccc6-c6cccc4c65)cc3)s2)cc1. The van der Waals surface area contributed by atoms with E-state index in [0.29, 0.717) is 0 Å². The van der Waals surface area contributed by atoms with Crippen LogP contribution >= 0.6 is 11.3 Å². The Hall–Kier alpha value is -6.68. The maximum absolute atomic E-state index is 4.54. The van der Waals surface area contributed by atoms with Crippen LogP contribution in [0.2, 0.25) is 0 Å². The van der Waals surface area contributed by atoms with Crippen molar-refractivity contribution in [2.24, 2.45) is 0 Å². The van der Waals surface area contributed by atoms with Gasteiger partial charge in [-0.15, -0.1) is 10.2 Å². The first-order chi connectivity index (χ1) is 27.3. The van der Waals surface area contributed by atoms with Crippen molar-refractivity contribution in [3.8, 4) is 54.5 Å². The first-order valence-corrected chi connectivity index (χ1v) is 19.7. The molecule has 0 saturated heterocycles. The largest absolute Gasteiger partial charge is 0.148 e. The Kier molecular flexibility index (Phi) is 6.38. The summed E-state index contributed by atoms with van der Waals surface area (Å²) in [7, 11) is 0. The number of nitrogens with zero attached hydrogens (tertiary/aromatic N) is 2. The van der Waals surface area contributed by atoms with Crippen LogP contribution in [0.3, 0.4) is 0 Å². The summed E-state index contributed by atoms with van der Waals surface area (Å²) in [5, 5.41) is 10.9. The Bertz CT molecular complexity index is 2980. The minimum absolute atomic E-state index is 0.431. The maximum atomic E-state index is 4.54. The molecular weight excluding hydrogens is 685 g/mol. The lowest BCUT2D eigenvalue weighted by Crippen LogP contribution is -2.43. The minimum atomic E-state index is -0.481. The molecule has 3 aliphatic carbocycles. The summed E-state index contributed by atoms with van der Waals surface area (Å²) in [5.74, 6) is 0. The van der Waals surface area contributed by atoms with E-state index in [0.717, 1.165) is 21.1 Å². The molecule has 256 valence electrons. The Balaban J connectivity index is 1.06. The Morgan fingerprint density at radius 2 is 0.782 bits per heavy atom. The number of hydrogen-bond donors (Lipinski definition) is 0. The van der Waals surface area contributed by atoms with Crippen LogP contribution in [0.4, 0.5) is 0 Å². The van der Waals surface area contributed by atoms with Gasteiger partial charge >= 0.3 is 0 Å². The first-order valence-electron chi connectivity index (χ1n) is 18.9. The van der Waals surface area contributed by atoms with E-state index in [2.05, 4.69) is 186 Å². The molecule has 3 aliphatic rings. The van der Waals surface area contributed by atoms with Crippen molar-refractivity contribution in [2.75, 3.05) is 0 Å². The Labute approximate surface area is 324 Å². The normalized spacial score (nSPS) is 18.0. The van der Waals surface area contributed by atoms with Crippen molar-refractivity contribution in [1.82, 2.24) is 10.2 Å². The highest BCUT2D eigenvalue weighted by molar-refractivity contribution is 7.17. The van der Waals surface area contributed by atoms with Crippen LogP contribution < -0.4 is 0 Å². The molecule has 8 aromatic carbocycles. The van der Waals surface area contributed by atoms with Gasteiger partial charge in [0.1, 0.15) is 10.0 Å². The number of benzene rings is 8. The van der Waals surface area contributed by atoms with E-state index in [-0.39, 0.29) is 0 Å². The second-order valence-electron chi connectivity index (χ2n) is 14.8. The highest BCUT2D eigenvalue weighted by Crippen LogP contribution is 2.68. The standard InChI is InChI=1S/C52H32N2S/c1-3-14-34(15-4-1)49-53-54-50(55-49)35-28-26-33(27-29-35)36-30-31-44-41(32-36)39-19-8-10-22-43(39)52(44)46-24-12-11-23-45(46)51(37-16-5-2-6-17-37)42-21-9-7-18-38(42)40-20-13-25-47(52)48(40)51/h1-32H. The molecule has 0 amide bonds. The third kappa shape index (κ3) is 3.98. The minimum Gasteiger partial charge on any atom is -0.138 e. The van der Waals surface area contributed by atoms with Gasteiger partial charge in [-0.05, 0) is 84.0 Å². The fourth-order valence-corrected chi connectivity index (χ4v) is 11.1. The molecule has 9 aromatic rings. The summed E-state index contributed by atoms with van der Waals surface area (Å²) in [5.41, 5.74) is 19.8. The van der Waals surface area contributed by atoms with E-state index >= 15 is 0 Å². The predicted octanol–water partition coefficient (Wildman–Crippen LogP) is 12.6. The van der Waals surface area contributed by atoms with Gasteiger partial charge in [0, 0.05) is 11.1 Å². The summed E-state index contributed by atoms with van der Waals surface area (Å²) in [6.45, 7) is 0. The maximum Gasteiger partial charge on any atom is 0.148 e. The van der Waals surface area contributed by atoms with Gasteiger partial charge in [0.15, 0.2) is 0 Å². The second kappa shape index (κ2) is 11.4. The van der Waals surface area contributed by atoms with Crippen molar-refractivity contribution in [1.29, 1.82) is 0 Å². The zero-order valence-corrected chi connectivity index (χ0v) is 30.6. The van der Waals surface area contributed by atoms with Gasteiger partial charge < -0.3 is 0 Å². The topological polar surface area (TPSA) is 25.8 Å². The lowest BCUT2D eigenvalue weighted by Gasteiger charge is -2.48. The van der Waals surface area contributed by atoms with Gasteiger partial charge in [-0.2, -0.15) is 0 Å². The molecule has 2 unspecified atom stereocenters. The van der Waals surface area contributed by atoms with Crippen LogP contribution in [0.1, 0.15) is 44.5 Å². The van der Waals surface area contributed by atoms with E-state index in [1.807, 2.05) is 18.2 Å². The Morgan fingerprint density at radius 1 is 0.309 bits per heavy atom. The van der Waals surface area contributed by atoms with E-state index in [9.17, 15) is 0 Å². The molecule has 55 heavy (non-hydrogen) atoms. The molecule has 3 heteroatoms. The van der Waals surface area contributed by atoms with Crippen LogP contribution in [0.15, 0.2) is 194 Å². The van der Waals surface area contributed by atoms with Gasteiger partial charge in [-0.25, -0.2) is 0 Å². The lowest BCUT2D eigenvalue weighted by atomic mass is 9.52. The molecule has 0 aliphatic heterocycles. The molecule has 1 aromatic heterocycles. The van der Waals surface area contributed by atoms with Crippen molar-refractivity contribution in [3.05, 3.63) is 239 Å². The zero-order valence-electron chi connectivity index (χ0n) is 29.8. The van der Waals surface area contributed by atoms with Crippen molar-refractivity contribution >= 4 is 11.3 Å². The molecule has 1 spiro atoms. The number of rotatable bonds is 4. The molecule has 0 saturated carbocycles. The van der Waals surface area contributed by atoms with Crippen LogP contribution in [0.25, 0.3) is 54.5 Å². The van der Waals surface area contributed by atoms with Crippen LogP contribution in [0, 0.1) is 0 Å². The van der Waals surface area contributed by atoms with Crippen molar-refractivity contribution in [2.45, 2.75) is 10.8 Å². The van der Waals surface area contributed by atoms with Crippen molar-refractivity contribution in [3.63, 3.8) is 0 Å². The fourth-order valence-electron chi connectivity index (χ4n) is 10.3. The second-order valence-corrected chi connectivity index (χ2v) is 15.8. The number of aromatic nitrogens is 2. The highest BCUT2D eigenvalue weighted by Gasteiger charge is 2.59. The van der Waals surface area contributed by atoms with Gasteiger partial charge in [0.05, 0.1) is 10.8 Å².